The maximum Gasteiger partial charge on any atom is 0.321 e. The minimum absolute atomic E-state index is 0.255. The van der Waals surface area contributed by atoms with Gasteiger partial charge in [-0.2, -0.15) is 0 Å². The second-order valence-corrected chi connectivity index (χ2v) is 5.90. The Bertz CT molecular complexity index is 423. The van der Waals surface area contributed by atoms with Gasteiger partial charge in [0, 0.05) is 5.75 Å². The summed E-state index contributed by atoms with van der Waals surface area (Å²) in [6.45, 7) is 1.98. The number of halogens is 1. The first-order valence-corrected chi connectivity index (χ1v) is 6.36. The normalized spacial score (nSPS) is 28.2. The maximum absolute atomic E-state index is 12.8. The third kappa shape index (κ3) is 2.98. The standard InChI is InChI=1S/C12H14FNO2S/c1-12(14-10(7-17-12)11(15)16)6-8-2-4-9(13)5-3-8/h2-5,10,14H,6-7H2,1H3,(H,15,16)/t10-,12?/m0/s1. The molecule has 0 radical (unpaired) electrons. The molecule has 0 aliphatic carbocycles. The van der Waals surface area contributed by atoms with E-state index >= 15 is 0 Å². The van der Waals surface area contributed by atoms with Crippen LogP contribution in [0.25, 0.3) is 0 Å². The highest BCUT2D eigenvalue weighted by atomic mass is 32.2. The van der Waals surface area contributed by atoms with Crippen LogP contribution >= 0.6 is 11.8 Å². The van der Waals surface area contributed by atoms with E-state index in [1.807, 2.05) is 6.92 Å². The van der Waals surface area contributed by atoms with E-state index in [1.165, 1.54) is 12.1 Å². The van der Waals surface area contributed by atoms with Crippen LogP contribution in [-0.4, -0.2) is 27.7 Å². The van der Waals surface area contributed by atoms with Crippen molar-refractivity contribution in [2.45, 2.75) is 24.3 Å². The van der Waals surface area contributed by atoms with Gasteiger partial charge in [0.05, 0.1) is 4.87 Å². The highest BCUT2D eigenvalue weighted by Crippen LogP contribution is 2.33. The Morgan fingerprint density at radius 2 is 2.24 bits per heavy atom. The van der Waals surface area contributed by atoms with E-state index in [-0.39, 0.29) is 10.7 Å². The van der Waals surface area contributed by atoms with Crippen LogP contribution in [0.5, 0.6) is 0 Å². The predicted octanol–water partition coefficient (Wildman–Crippen LogP) is 1.87. The van der Waals surface area contributed by atoms with Gasteiger partial charge >= 0.3 is 5.97 Å². The van der Waals surface area contributed by atoms with E-state index in [0.29, 0.717) is 12.2 Å². The molecule has 1 aromatic rings. The summed E-state index contributed by atoms with van der Waals surface area (Å²) in [7, 11) is 0. The van der Waals surface area contributed by atoms with Crippen molar-refractivity contribution in [2.24, 2.45) is 0 Å². The fraction of sp³-hybridized carbons (Fsp3) is 0.417. The van der Waals surface area contributed by atoms with Crippen LogP contribution in [0.3, 0.4) is 0 Å². The smallest absolute Gasteiger partial charge is 0.321 e. The van der Waals surface area contributed by atoms with Gasteiger partial charge < -0.3 is 5.11 Å². The number of nitrogens with one attached hydrogen (secondary N) is 1. The summed E-state index contributed by atoms with van der Waals surface area (Å²) in [6, 6.07) is 5.82. The molecule has 1 aliphatic heterocycles. The molecule has 2 rings (SSSR count). The number of carboxylic acids is 1. The fourth-order valence-corrected chi connectivity index (χ4v) is 3.20. The summed E-state index contributed by atoms with van der Waals surface area (Å²) in [6.07, 6.45) is 0.682. The van der Waals surface area contributed by atoms with Crippen molar-refractivity contribution in [3.8, 4) is 0 Å². The lowest BCUT2D eigenvalue weighted by Crippen LogP contribution is -2.44. The molecule has 5 heteroatoms. The Morgan fingerprint density at radius 1 is 1.59 bits per heavy atom. The lowest BCUT2D eigenvalue weighted by molar-refractivity contribution is -0.138. The molecule has 1 saturated heterocycles. The van der Waals surface area contributed by atoms with Crippen molar-refractivity contribution in [1.82, 2.24) is 5.32 Å². The summed E-state index contributed by atoms with van der Waals surface area (Å²) in [5.74, 6) is -0.512. The van der Waals surface area contributed by atoms with Gasteiger partial charge in [-0.25, -0.2) is 4.39 Å². The number of hydrogen-bond donors (Lipinski definition) is 2. The molecule has 0 aromatic heterocycles. The number of benzene rings is 1. The number of carboxylic acid groups (broad SMARTS) is 1. The lowest BCUT2D eigenvalue weighted by Gasteiger charge is -2.24. The number of hydrogen-bond acceptors (Lipinski definition) is 3. The second-order valence-electron chi connectivity index (χ2n) is 4.38. The Labute approximate surface area is 103 Å². The van der Waals surface area contributed by atoms with Gasteiger partial charge in [-0.3, -0.25) is 10.1 Å². The van der Waals surface area contributed by atoms with Gasteiger partial charge in [-0.05, 0) is 31.0 Å². The summed E-state index contributed by atoms with van der Waals surface area (Å²) in [5.41, 5.74) is 1.000. The second kappa shape index (κ2) is 4.66. The van der Waals surface area contributed by atoms with Gasteiger partial charge in [-0.1, -0.05) is 12.1 Å². The topological polar surface area (TPSA) is 49.3 Å². The van der Waals surface area contributed by atoms with Crippen LogP contribution in [0.1, 0.15) is 12.5 Å². The Balaban J connectivity index is 2.04. The molecule has 1 unspecified atom stereocenters. The number of aliphatic carboxylic acids is 1. The van der Waals surface area contributed by atoms with Crippen molar-refractivity contribution in [3.63, 3.8) is 0 Å². The average Bonchev–Trinajstić information content (AvgIpc) is 2.65. The molecule has 1 heterocycles. The molecule has 92 valence electrons. The van der Waals surface area contributed by atoms with Crippen LogP contribution < -0.4 is 5.32 Å². The summed E-state index contributed by atoms with van der Waals surface area (Å²) < 4.78 is 12.8. The Morgan fingerprint density at radius 3 is 2.76 bits per heavy atom. The Hall–Kier alpha value is -1.07. The molecule has 1 fully saturated rings. The molecule has 0 bridgehead atoms. The fourth-order valence-electron chi connectivity index (χ4n) is 1.95. The predicted molar refractivity (Wildman–Crippen MR) is 65.5 cm³/mol. The molecule has 1 aliphatic rings. The molecule has 2 atom stereocenters. The third-order valence-corrected chi connectivity index (χ3v) is 4.20. The Kier molecular flexibility index (Phi) is 3.40. The van der Waals surface area contributed by atoms with E-state index in [4.69, 9.17) is 5.11 Å². The third-order valence-electron chi connectivity index (χ3n) is 2.80. The van der Waals surface area contributed by atoms with Crippen molar-refractivity contribution < 1.29 is 14.3 Å². The van der Waals surface area contributed by atoms with Crippen LogP contribution in [0.15, 0.2) is 24.3 Å². The number of carbonyl (C=O) groups is 1. The number of rotatable bonds is 3. The minimum Gasteiger partial charge on any atom is -0.480 e. The zero-order valence-corrected chi connectivity index (χ0v) is 10.3. The zero-order chi connectivity index (χ0) is 12.5. The van der Waals surface area contributed by atoms with Gasteiger partial charge in [0.15, 0.2) is 0 Å². The van der Waals surface area contributed by atoms with E-state index in [9.17, 15) is 9.18 Å². The first-order valence-electron chi connectivity index (χ1n) is 5.37. The molecular formula is C12H14FNO2S. The van der Waals surface area contributed by atoms with Crippen LogP contribution in [-0.2, 0) is 11.2 Å². The van der Waals surface area contributed by atoms with E-state index < -0.39 is 12.0 Å². The van der Waals surface area contributed by atoms with Gasteiger partial charge in [0.25, 0.3) is 0 Å². The van der Waals surface area contributed by atoms with Crippen molar-refractivity contribution in [2.75, 3.05) is 5.75 Å². The van der Waals surface area contributed by atoms with Crippen LogP contribution in [0.2, 0.25) is 0 Å². The zero-order valence-electron chi connectivity index (χ0n) is 9.44. The molecule has 2 N–H and O–H groups in total. The SMILES string of the molecule is CC1(Cc2ccc(F)cc2)N[C@H](C(=O)O)CS1. The molecule has 0 spiro atoms. The molecule has 0 saturated carbocycles. The highest BCUT2D eigenvalue weighted by Gasteiger charge is 2.38. The van der Waals surface area contributed by atoms with E-state index in [1.54, 1.807) is 23.9 Å². The van der Waals surface area contributed by atoms with E-state index in [2.05, 4.69) is 5.32 Å². The molecule has 17 heavy (non-hydrogen) atoms. The van der Waals surface area contributed by atoms with Crippen molar-refractivity contribution >= 4 is 17.7 Å². The molecular weight excluding hydrogens is 241 g/mol. The van der Waals surface area contributed by atoms with Gasteiger partial charge in [0.1, 0.15) is 11.9 Å². The molecule has 1 aromatic carbocycles. The van der Waals surface area contributed by atoms with E-state index in [0.717, 1.165) is 5.56 Å². The number of thioether (sulfide) groups is 1. The largest absolute Gasteiger partial charge is 0.480 e. The van der Waals surface area contributed by atoms with Crippen molar-refractivity contribution in [3.05, 3.63) is 35.6 Å². The monoisotopic (exact) mass is 255 g/mol. The van der Waals surface area contributed by atoms with Crippen molar-refractivity contribution in [1.29, 1.82) is 0 Å². The highest BCUT2D eigenvalue weighted by molar-refractivity contribution is 8.00. The lowest BCUT2D eigenvalue weighted by atomic mass is 10.1. The maximum atomic E-state index is 12.8. The summed E-state index contributed by atoms with van der Waals surface area (Å²) in [5, 5.41) is 12.0. The first-order chi connectivity index (χ1) is 7.98. The molecule has 3 nitrogen and oxygen atoms in total. The molecule has 0 amide bonds. The summed E-state index contributed by atoms with van der Waals surface area (Å²) >= 11 is 1.59. The van der Waals surface area contributed by atoms with Crippen LogP contribution in [0, 0.1) is 5.82 Å². The minimum atomic E-state index is -0.819. The van der Waals surface area contributed by atoms with Gasteiger partial charge in [-0.15, -0.1) is 11.8 Å². The average molecular weight is 255 g/mol. The van der Waals surface area contributed by atoms with Gasteiger partial charge in [0.2, 0.25) is 0 Å². The first kappa shape index (κ1) is 12.4. The summed E-state index contributed by atoms with van der Waals surface area (Å²) in [4.78, 5) is 10.6. The van der Waals surface area contributed by atoms with Crippen LogP contribution in [0.4, 0.5) is 4.39 Å². The quantitative estimate of drug-likeness (QED) is 0.865.